The zero-order chi connectivity index (χ0) is 18.4. The van der Waals surface area contributed by atoms with Crippen molar-refractivity contribution in [3.8, 4) is 10.4 Å². The number of ether oxygens (including phenoxy) is 1. The van der Waals surface area contributed by atoms with Crippen molar-refractivity contribution in [3.63, 3.8) is 0 Å². The third kappa shape index (κ3) is 4.37. The fraction of sp³-hybridized carbons (Fsp3) is 0.143. The molecule has 132 valence electrons. The van der Waals surface area contributed by atoms with E-state index in [4.69, 9.17) is 4.74 Å². The number of carbonyl (C=O) groups is 2. The number of amides is 1. The molecule has 1 amide bonds. The molecule has 0 aliphatic rings. The second-order valence-corrected chi connectivity index (χ2v) is 6.70. The number of hydrogen-bond acceptors (Lipinski definition) is 4. The summed E-state index contributed by atoms with van der Waals surface area (Å²) in [4.78, 5) is 25.6. The van der Waals surface area contributed by atoms with E-state index in [0.29, 0.717) is 10.6 Å². The third-order valence-electron chi connectivity index (χ3n) is 3.75. The predicted molar refractivity (Wildman–Crippen MR) is 104 cm³/mol. The molecular weight excluding hydrogens is 346 g/mol. The summed E-state index contributed by atoms with van der Waals surface area (Å²) < 4.78 is 5.13. The molecule has 3 aromatic rings. The molecule has 1 N–H and O–H groups in total. The third-order valence-corrected chi connectivity index (χ3v) is 4.85. The van der Waals surface area contributed by atoms with Crippen LogP contribution in [0.15, 0.2) is 66.7 Å². The van der Waals surface area contributed by atoms with Gasteiger partial charge in [-0.15, -0.1) is 11.3 Å². The molecule has 0 fully saturated rings. The first kappa shape index (κ1) is 17.9. The Morgan fingerprint density at radius 1 is 1.00 bits per heavy atom. The summed E-state index contributed by atoms with van der Waals surface area (Å²) in [5, 5.41) is 3.38. The Kier molecular flexibility index (Phi) is 5.81. The van der Waals surface area contributed by atoms with Crippen molar-refractivity contribution in [2.24, 2.45) is 0 Å². The molecular formula is C21H19NO3S. The van der Waals surface area contributed by atoms with Gasteiger partial charge in [-0.05, 0) is 24.1 Å². The molecule has 0 atom stereocenters. The molecule has 0 aliphatic heterocycles. The molecule has 0 aliphatic carbocycles. The number of anilines is 1. The van der Waals surface area contributed by atoms with Crippen molar-refractivity contribution in [1.29, 1.82) is 0 Å². The van der Waals surface area contributed by atoms with Crippen molar-refractivity contribution in [3.05, 3.63) is 77.9 Å². The molecule has 0 saturated heterocycles. The van der Waals surface area contributed by atoms with Crippen LogP contribution in [-0.4, -0.2) is 18.5 Å². The molecule has 0 saturated carbocycles. The van der Waals surface area contributed by atoms with Crippen LogP contribution in [0.25, 0.3) is 10.4 Å². The van der Waals surface area contributed by atoms with Gasteiger partial charge in [-0.2, -0.15) is 0 Å². The molecule has 1 aromatic heterocycles. The van der Waals surface area contributed by atoms with Crippen LogP contribution in [0.5, 0.6) is 0 Å². The van der Waals surface area contributed by atoms with Crippen LogP contribution in [0, 0.1) is 0 Å². The Balaban J connectivity index is 1.85. The van der Waals surface area contributed by atoms with Gasteiger partial charge in [-0.3, -0.25) is 4.79 Å². The lowest BCUT2D eigenvalue weighted by molar-refractivity contribution is -0.115. The first-order valence-corrected chi connectivity index (χ1v) is 9.19. The standard InChI is InChI=1S/C21H19NO3S/c1-2-25-21(24)17-14-18(16-11-7-4-8-12-16)26-20(17)22-19(23)13-15-9-5-3-6-10-15/h3-12,14H,2,13H2,1H3,(H,22,23). The molecule has 0 unspecified atom stereocenters. The summed E-state index contributed by atoms with van der Waals surface area (Å²) in [5.74, 6) is -0.593. The van der Waals surface area contributed by atoms with Crippen molar-refractivity contribution < 1.29 is 14.3 Å². The minimum absolute atomic E-state index is 0.164. The van der Waals surface area contributed by atoms with Crippen LogP contribution < -0.4 is 5.32 Å². The van der Waals surface area contributed by atoms with Gasteiger partial charge < -0.3 is 10.1 Å². The van der Waals surface area contributed by atoms with Crippen LogP contribution in [0.2, 0.25) is 0 Å². The maximum atomic E-state index is 12.4. The summed E-state index contributed by atoms with van der Waals surface area (Å²) >= 11 is 1.37. The van der Waals surface area contributed by atoms with Gasteiger partial charge in [-0.1, -0.05) is 60.7 Å². The van der Waals surface area contributed by atoms with Crippen molar-refractivity contribution in [2.75, 3.05) is 11.9 Å². The highest BCUT2D eigenvalue weighted by molar-refractivity contribution is 7.20. The monoisotopic (exact) mass is 365 g/mol. The zero-order valence-electron chi connectivity index (χ0n) is 14.4. The molecule has 5 heteroatoms. The highest BCUT2D eigenvalue weighted by Gasteiger charge is 2.19. The first-order valence-electron chi connectivity index (χ1n) is 8.37. The summed E-state index contributed by atoms with van der Waals surface area (Å²) in [5.41, 5.74) is 2.30. The van der Waals surface area contributed by atoms with Gasteiger partial charge in [-0.25, -0.2) is 4.79 Å². The van der Waals surface area contributed by atoms with E-state index in [0.717, 1.165) is 16.0 Å². The topological polar surface area (TPSA) is 55.4 Å². The van der Waals surface area contributed by atoms with Crippen molar-refractivity contribution >= 4 is 28.2 Å². The average molecular weight is 365 g/mol. The molecule has 1 heterocycles. The smallest absolute Gasteiger partial charge is 0.341 e. The summed E-state index contributed by atoms with van der Waals surface area (Å²) in [7, 11) is 0. The average Bonchev–Trinajstić information content (AvgIpc) is 3.07. The fourth-order valence-electron chi connectivity index (χ4n) is 2.54. The number of esters is 1. The molecule has 4 nitrogen and oxygen atoms in total. The number of rotatable bonds is 6. The number of hydrogen-bond donors (Lipinski definition) is 1. The summed E-state index contributed by atoms with van der Waals surface area (Å²) in [6.07, 6.45) is 0.252. The van der Waals surface area contributed by atoms with Crippen molar-refractivity contribution in [1.82, 2.24) is 0 Å². The van der Waals surface area contributed by atoms with Crippen LogP contribution in [0.3, 0.4) is 0 Å². The maximum Gasteiger partial charge on any atom is 0.341 e. The summed E-state index contributed by atoms with van der Waals surface area (Å²) in [6, 6.07) is 21.0. The second kappa shape index (κ2) is 8.45. The molecule has 2 aromatic carbocycles. The van der Waals surface area contributed by atoms with E-state index in [2.05, 4.69) is 5.32 Å². The van der Waals surface area contributed by atoms with E-state index >= 15 is 0 Å². The van der Waals surface area contributed by atoms with E-state index in [1.54, 1.807) is 13.0 Å². The van der Waals surface area contributed by atoms with Gasteiger partial charge in [0.05, 0.1) is 18.6 Å². The Morgan fingerprint density at radius 3 is 2.31 bits per heavy atom. The summed E-state index contributed by atoms with van der Waals surface area (Å²) in [6.45, 7) is 2.04. The van der Waals surface area contributed by atoms with Crippen LogP contribution in [0.1, 0.15) is 22.8 Å². The largest absolute Gasteiger partial charge is 0.462 e. The Bertz CT molecular complexity index is 888. The van der Waals surface area contributed by atoms with E-state index < -0.39 is 5.97 Å². The Morgan fingerprint density at radius 2 is 1.65 bits per heavy atom. The number of benzene rings is 2. The van der Waals surface area contributed by atoms with Gasteiger partial charge in [0.1, 0.15) is 5.00 Å². The SMILES string of the molecule is CCOC(=O)c1cc(-c2ccccc2)sc1NC(=O)Cc1ccccc1. The Labute approximate surface area is 156 Å². The lowest BCUT2D eigenvalue weighted by Gasteiger charge is -2.06. The van der Waals surface area contributed by atoms with E-state index in [9.17, 15) is 9.59 Å². The van der Waals surface area contributed by atoms with E-state index in [-0.39, 0.29) is 18.9 Å². The molecule has 0 bridgehead atoms. The highest BCUT2D eigenvalue weighted by Crippen LogP contribution is 2.36. The molecule has 0 radical (unpaired) electrons. The Hall–Kier alpha value is -2.92. The minimum Gasteiger partial charge on any atom is -0.462 e. The van der Waals surface area contributed by atoms with Gasteiger partial charge in [0, 0.05) is 4.88 Å². The first-order chi connectivity index (χ1) is 12.7. The van der Waals surface area contributed by atoms with Crippen LogP contribution >= 0.6 is 11.3 Å². The molecule has 0 spiro atoms. The lowest BCUT2D eigenvalue weighted by atomic mass is 10.1. The number of carbonyl (C=O) groups excluding carboxylic acids is 2. The zero-order valence-corrected chi connectivity index (χ0v) is 15.2. The minimum atomic E-state index is -0.430. The fourth-order valence-corrected chi connectivity index (χ4v) is 3.61. The quantitative estimate of drug-likeness (QED) is 0.640. The van der Waals surface area contributed by atoms with Gasteiger partial charge >= 0.3 is 5.97 Å². The van der Waals surface area contributed by atoms with Gasteiger partial charge in [0.25, 0.3) is 0 Å². The van der Waals surface area contributed by atoms with E-state index in [1.807, 2.05) is 60.7 Å². The molecule has 26 heavy (non-hydrogen) atoms. The maximum absolute atomic E-state index is 12.4. The lowest BCUT2D eigenvalue weighted by Crippen LogP contribution is -2.16. The number of thiophene rings is 1. The normalized spacial score (nSPS) is 10.3. The predicted octanol–water partition coefficient (Wildman–Crippen LogP) is 4.77. The van der Waals surface area contributed by atoms with Crippen molar-refractivity contribution in [2.45, 2.75) is 13.3 Å². The van der Waals surface area contributed by atoms with E-state index in [1.165, 1.54) is 11.3 Å². The highest BCUT2D eigenvalue weighted by atomic mass is 32.1. The molecule has 3 rings (SSSR count). The van der Waals surface area contributed by atoms with Gasteiger partial charge in [0.2, 0.25) is 5.91 Å². The van der Waals surface area contributed by atoms with Crippen LogP contribution in [0.4, 0.5) is 5.00 Å². The van der Waals surface area contributed by atoms with Gasteiger partial charge in [0.15, 0.2) is 0 Å². The van der Waals surface area contributed by atoms with Crippen LogP contribution in [-0.2, 0) is 16.0 Å². The number of nitrogens with one attached hydrogen (secondary N) is 1. The second-order valence-electron chi connectivity index (χ2n) is 5.65.